The van der Waals surface area contributed by atoms with Crippen molar-refractivity contribution in [2.45, 2.75) is 121 Å². The summed E-state index contributed by atoms with van der Waals surface area (Å²) in [7, 11) is 0. The summed E-state index contributed by atoms with van der Waals surface area (Å²) >= 11 is 0. The van der Waals surface area contributed by atoms with Crippen LogP contribution in [0.15, 0.2) is 24.3 Å². The summed E-state index contributed by atoms with van der Waals surface area (Å²) < 4.78 is 0. The first-order valence-electron chi connectivity index (χ1n) is 11.9. The van der Waals surface area contributed by atoms with Gasteiger partial charge in [0, 0.05) is 0 Å². The van der Waals surface area contributed by atoms with Crippen LogP contribution < -0.4 is 9.78 Å². The molecule has 0 saturated heterocycles. The number of hydrogen-bond acceptors (Lipinski definition) is 4. The molecule has 0 bridgehead atoms. The van der Waals surface area contributed by atoms with Gasteiger partial charge in [0.05, 0.1) is 0 Å². The third kappa shape index (κ3) is 8.26. The standard InChI is InChI=1S/C28H50O4/c1-23(2,3)19-27(13,25(7,8)9)31-29-21-17-15-16-18-22(21)30-32-28(14,26(10,11)12)20-24(4,5)6/h15-18H,19-20H2,1-14H3. The largest absolute Gasteiger partial charge is 0.333 e. The Labute approximate surface area is 198 Å². The topological polar surface area (TPSA) is 36.9 Å². The Morgan fingerprint density at radius 1 is 0.500 bits per heavy atom. The third-order valence-corrected chi connectivity index (χ3v) is 6.39. The van der Waals surface area contributed by atoms with E-state index < -0.39 is 11.2 Å². The Morgan fingerprint density at radius 2 is 0.781 bits per heavy atom. The van der Waals surface area contributed by atoms with Crippen LogP contribution in [0.25, 0.3) is 0 Å². The van der Waals surface area contributed by atoms with E-state index in [2.05, 4.69) is 96.9 Å². The Bertz CT molecular complexity index is 665. The van der Waals surface area contributed by atoms with E-state index in [0.29, 0.717) is 11.5 Å². The maximum absolute atomic E-state index is 6.14. The van der Waals surface area contributed by atoms with Gasteiger partial charge in [-0.25, -0.2) is 0 Å². The molecule has 2 atom stereocenters. The fourth-order valence-electron chi connectivity index (χ4n) is 3.72. The van der Waals surface area contributed by atoms with Crippen molar-refractivity contribution in [2.24, 2.45) is 21.7 Å². The minimum atomic E-state index is -0.495. The fourth-order valence-corrected chi connectivity index (χ4v) is 3.72. The average Bonchev–Trinajstić information content (AvgIpc) is 2.54. The average molecular weight is 451 g/mol. The van der Waals surface area contributed by atoms with Crippen molar-refractivity contribution in [1.82, 2.24) is 0 Å². The van der Waals surface area contributed by atoms with E-state index in [9.17, 15) is 0 Å². The van der Waals surface area contributed by atoms with Gasteiger partial charge in [-0.2, -0.15) is 9.78 Å². The molecule has 0 radical (unpaired) electrons. The van der Waals surface area contributed by atoms with Crippen LogP contribution in [0.5, 0.6) is 11.5 Å². The highest BCUT2D eigenvalue weighted by Crippen LogP contribution is 2.45. The van der Waals surface area contributed by atoms with Gasteiger partial charge >= 0.3 is 0 Å². The molecule has 0 spiro atoms. The lowest BCUT2D eigenvalue weighted by atomic mass is 9.69. The smallest absolute Gasteiger partial charge is 0.211 e. The highest BCUT2D eigenvalue weighted by molar-refractivity contribution is 5.38. The van der Waals surface area contributed by atoms with Gasteiger partial charge in [0.25, 0.3) is 0 Å². The summed E-state index contributed by atoms with van der Waals surface area (Å²) in [4.78, 5) is 24.1. The van der Waals surface area contributed by atoms with Crippen molar-refractivity contribution in [2.75, 3.05) is 0 Å². The summed E-state index contributed by atoms with van der Waals surface area (Å²) in [5.74, 6) is 1.01. The van der Waals surface area contributed by atoms with Gasteiger partial charge in [-0.1, -0.05) is 95.2 Å². The molecule has 1 aromatic rings. The molecule has 4 heteroatoms. The SMILES string of the molecule is CC(C)(C)CC(C)(OOc1ccccc1OOC(C)(CC(C)(C)C)C(C)(C)C)C(C)(C)C. The van der Waals surface area contributed by atoms with E-state index in [1.54, 1.807) is 0 Å². The zero-order chi connectivity index (χ0) is 25.2. The zero-order valence-electron chi connectivity index (χ0n) is 23.4. The van der Waals surface area contributed by atoms with Crippen LogP contribution >= 0.6 is 0 Å². The second-order valence-corrected chi connectivity index (χ2v) is 14.2. The Kier molecular flexibility index (Phi) is 8.58. The van der Waals surface area contributed by atoms with Gasteiger partial charge in [-0.15, -0.1) is 0 Å². The summed E-state index contributed by atoms with van der Waals surface area (Å²) in [5.41, 5.74) is -1.05. The predicted octanol–water partition coefficient (Wildman–Crippen LogP) is 8.79. The molecule has 0 saturated carbocycles. The molecule has 186 valence electrons. The normalized spacial score (nSPS) is 17.4. The molecule has 0 heterocycles. The van der Waals surface area contributed by atoms with Crippen LogP contribution in [-0.2, 0) is 9.78 Å². The van der Waals surface area contributed by atoms with Gasteiger partial charge in [-0.05, 0) is 60.5 Å². The van der Waals surface area contributed by atoms with E-state index in [-0.39, 0.29) is 21.7 Å². The highest BCUT2D eigenvalue weighted by Gasteiger charge is 2.45. The van der Waals surface area contributed by atoms with Crippen LogP contribution in [-0.4, -0.2) is 11.2 Å². The van der Waals surface area contributed by atoms with Gasteiger partial charge < -0.3 is 9.78 Å². The van der Waals surface area contributed by atoms with E-state index in [1.807, 2.05) is 24.3 Å². The van der Waals surface area contributed by atoms with Crippen molar-refractivity contribution >= 4 is 0 Å². The molecule has 1 rings (SSSR count). The highest BCUT2D eigenvalue weighted by atomic mass is 17.2. The zero-order valence-corrected chi connectivity index (χ0v) is 23.4. The molecule has 0 N–H and O–H groups in total. The molecule has 0 aromatic heterocycles. The molecule has 0 amide bonds. The van der Waals surface area contributed by atoms with E-state index >= 15 is 0 Å². The monoisotopic (exact) mass is 450 g/mol. The first-order valence-corrected chi connectivity index (χ1v) is 11.9. The van der Waals surface area contributed by atoms with Crippen molar-refractivity contribution < 1.29 is 19.6 Å². The molecule has 4 nitrogen and oxygen atoms in total. The van der Waals surface area contributed by atoms with E-state index in [0.717, 1.165) is 12.8 Å². The lowest BCUT2D eigenvalue weighted by Crippen LogP contribution is -2.46. The molecule has 2 unspecified atom stereocenters. The number of rotatable bonds is 8. The second kappa shape index (κ2) is 9.54. The maximum Gasteiger partial charge on any atom is 0.211 e. The third-order valence-electron chi connectivity index (χ3n) is 6.39. The van der Waals surface area contributed by atoms with E-state index in [1.165, 1.54) is 0 Å². The van der Waals surface area contributed by atoms with Crippen LogP contribution in [0.3, 0.4) is 0 Å². The minimum absolute atomic E-state index is 0.0893. The predicted molar refractivity (Wildman–Crippen MR) is 134 cm³/mol. The number of hydrogen-bond donors (Lipinski definition) is 0. The number of para-hydroxylation sites is 2. The minimum Gasteiger partial charge on any atom is -0.333 e. The van der Waals surface area contributed by atoms with Gasteiger partial charge in [-0.3, -0.25) is 0 Å². The van der Waals surface area contributed by atoms with Crippen molar-refractivity contribution in [3.63, 3.8) is 0 Å². The Balaban J connectivity index is 3.10. The Hall–Kier alpha value is -1.26. The molecule has 0 aliphatic carbocycles. The molecule has 0 aliphatic rings. The molecular weight excluding hydrogens is 400 g/mol. The summed E-state index contributed by atoms with van der Waals surface area (Å²) in [5, 5.41) is 0. The van der Waals surface area contributed by atoms with E-state index in [4.69, 9.17) is 19.6 Å². The van der Waals surface area contributed by atoms with Crippen LogP contribution in [0.4, 0.5) is 0 Å². The quantitative estimate of drug-likeness (QED) is 0.293. The molecule has 1 aromatic carbocycles. The molecular formula is C28H50O4. The maximum atomic E-state index is 6.14. The fraction of sp³-hybridized carbons (Fsp3) is 0.786. The van der Waals surface area contributed by atoms with Crippen LogP contribution in [0, 0.1) is 21.7 Å². The van der Waals surface area contributed by atoms with Crippen molar-refractivity contribution in [3.8, 4) is 11.5 Å². The molecule has 0 fully saturated rings. The summed E-state index contributed by atoms with van der Waals surface area (Å²) in [6.45, 7) is 30.6. The van der Waals surface area contributed by atoms with Crippen LogP contribution in [0.1, 0.15) is 110 Å². The number of benzene rings is 1. The summed E-state index contributed by atoms with van der Waals surface area (Å²) in [6.07, 6.45) is 1.69. The Morgan fingerprint density at radius 3 is 1.00 bits per heavy atom. The van der Waals surface area contributed by atoms with Crippen molar-refractivity contribution in [3.05, 3.63) is 24.3 Å². The molecule has 32 heavy (non-hydrogen) atoms. The lowest BCUT2D eigenvalue weighted by molar-refractivity contribution is -0.336. The van der Waals surface area contributed by atoms with Gasteiger partial charge in [0.2, 0.25) is 11.5 Å². The van der Waals surface area contributed by atoms with Gasteiger partial charge in [0.1, 0.15) is 11.2 Å². The first kappa shape index (κ1) is 28.8. The van der Waals surface area contributed by atoms with Gasteiger partial charge in [0.15, 0.2) is 0 Å². The molecule has 0 aliphatic heterocycles. The lowest BCUT2D eigenvalue weighted by Gasteiger charge is -2.44. The summed E-state index contributed by atoms with van der Waals surface area (Å²) in [6, 6.07) is 7.50. The first-order chi connectivity index (χ1) is 14.1. The second-order valence-electron chi connectivity index (χ2n) is 14.2. The van der Waals surface area contributed by atoms with Crippen LogP contribution in [0.2, 0.25) is 0 Å². The van der Waals surface area contributed by atoms with Crippen molar-refractivity contribution in [1.29, 1.82) is 0 Å².